The molecule has 0 saturated carbocycles. The van der Waals surface area contributed by atoms with Gasteiger partial charge in [0.25, 0.3) is 11.8 Å². The van der Waals surface area contributed by atoms with E-state index in [9.17, 15) is 9.59 Å². The first-order valence-corrected chi connectivity index (χ1v) is 10.1. The highest BCUT2D eigenvalue weighted by Crippen LogP contribution is 2.26. The largest absolute Gasteiger partial charge is 0.382 e. The predicted molar refractivity (Wildman–Crippen MR) is 125 cm³/mol. The fourth-order valence-electron chi connectivity index (χ4n) is 3.20. The minimum absolute atomic E-state index is 0.0722. The van der Waals surface area contributed by atoms with Crippen molar-refractivity contribution in [1.82, 2.24) is 9.88 Å². The van der Waals surface area contributed by atoms with Gasteiger partial charge in [-0.25, -0.2) is 4.98 Å². The Bertz CT molecular complexity index is 1070. The molecule has 0 saturated heterocycles. The van der Waals surface area contributed by atoms with E-state index >= 15 is 0 Å². The Kier molecular flexibility index (Phi) is 7.41. The molecular formula is C24H27N5O3. The maximum absolute atomic E-state index is 12.1. The van der Waals surface area contributed by atoms with Gasteiger partial charge in [-0.3, -0.25) is 9.59 Å². The number of anilines is 3. The summed E-state index contributed by atoms with van der Waals surface area (Å²) in [5.41, 5.74) is 8.74. The summed E-state index contributed by atoms with van der Waals surface area (Å²) >= 11 is 0. The fourth-order valence-corrected chi connectivity index (χ4v) is 3.20. The molecule has 8 heteroatoms. The summed E-state index contributed by atoms with van der Waals surface area (Å²) < 4.78 is 5.36. The monoisotopic (exact) mass is 433 g/mol. The molecule has 166 valence electrons. The van der Waals surface area contributed by atoms with Crippen molar-refractivity contribution in [1.29, 1.82) is 0 Å². The van der Waals surface area contributed by atoms with Gasteiger partial charge in [-0.1, -0.05) is 30.3 Å². The molecule has 0 aliphatic carbocycles. The molecule has 0 radical (unpaired) electrons. The molecule has 1 heterocycles. The Hall–Kier alpha value is -3.91. The molecule has 3 rings (SSSR count). The number of ether oxygens (including phenoxy) is 1. The van der Waals surface area contributed by atoms with Gasteiger partial charge in [-0.05, 0) is 29.8 Å². The number of nitrogens with zero attached hydrogens (tertiary/aromatic N) is 2. The van der Waals surface area contributed by atoms with Gasteiger partial charge in [0, 0.05) is 44.7 Å². The molecule has 1 atom stereocenters. The molecule has 0 spiro atoms. The van der Waals surface area contributed by atoms with E-state index < -0.39 is 5.91 Å². The summed E-state index contributed by atoms with van der Waals surface area (Å²) in [7, 11) is 5.04. The van der Waals surface area contributed by atoms with Gasteiger partial charge >= 0.3 is 0 Å². The Morgan fingerprint density at radius 2 is 1.78 bits per heavy atom. The van der Waals surface area contributed by atoms with E-state index in [0.717, 1.165) is 11.3 Å². The molecule has 0 fully saturated rings. The van der Waals surface area contributed by atoms with E-state index in [-0.39, 0.29) is 17.5 Å². The van der Waals surface area contributed by atoms with E-state index in [4.69, 9.17) is 10.5 Å². The summed E-state index contributed by atoms with van der Waals surface area (Å²) in [6.45, 7) is 0.397. The Morgan fingerprint density at radius 1 is 1.09 bits per heavy atom. The minimum atomic E-state index is -0.581. The van der Waals surface area contributed by atoms with Crippen molar-refractivity contribution < 1.29 is 14.3 Å². The lowest BCUT2D eigenvalue weighted by molar-refractivity contribution is 0.0827. The SMILES string of the molecule is COC[C@@H](Nc1cc(Nc2ccc(C(=O)N(C)C)cc2)ncc1C(N)=O)c1ccccc1. The standard InChI is InChI=1S/C24H27N5O3/c1-29(2)24(31)17-9-11-18(12-10-17)27-22-13-20(19(14-26-22)23(25)30)28-21(15-32-3)16-7-5-4-6-8-16/h4-14,21H,15H2,1-3H3,(H2,25,30)(H2,26,27,28)/t21-/m1/s1. The number of rotatable bonds is 9. The summed E-state index contributed by atoms with van der Waals surface area (Å²) in [4.78, 5) is 29.9. The van der Waals surface area contributed by atoms with Crippen LogP contribution in [0, 0.1) is 0 Å². The normalized spacial score (nSPS) is 11.5. The van der Waals surface area contributed by atoms with Gasteiger partial charge < -0.3 is 26.0 Å². The van der Waals surface area contributed by atoms with Crippen LogP contribution in [0.15, 0.2) is 66.9 Å². The summed E-state index contributed by atoms with van der Waals surface area (Å²) in [5.74, 6) is -0.132. The van der Waals surface area contributed by atoms with Crippen molar-refractivity contribution in [2.75, 3.05) is 38.4 Å². The molecule has 8 nitrogen and oxygen atoms in total. The Morgan fingerprint density at radius 3 is 2.38 bits per heavy atom. The highest BCUT2D eigenvalue weighted by molar-refractivity contribution is 5.98. The third-order valence-electron chi connectivity index (χ3n) is 4.84. The maximum Gasteiger partial charge on any atom is 0.253 e. The molecular weight excluding hydrogens is 406 g/mol. The van der Waals surface area contributed by atoms with Crippen LogP contribution >= 0.6 is 0 Å². The van der Waals surface area contributed by atoms with Crippen LogP contribution in [0.4, 0.5) is 17.2 Å². The van der Waals surface area contributed by atoms with Crippen molar-refractivity contribution in [3.8, 4) is 0 Å². The van der Waals surface area contributed by atoms with Crippen LogP contribution in [0.3, 0.4) is 0 Å². The number of nitrogens with two attached hydrogens (primary N) is 1. The second-order valence-electron chi connectivity index (χ2n) is 7.44. The quantitative estimate of drug-likeness (QED) is 0.477. The number of primary amides is 1. The highest BCUT2D eigenvalue weighted by atomic mass is 16.5. The van der Waals surface area contributed by atoms with Crippen molar-refractivity contribution in [3.63, 3.8) is 0 Å². The topological polar surface area (TPSA) is 110 Å². The van der Waals surface area contributed by atoms with Crippen molar-refractivity contribution >= 4 is 29.0 Å². The fraction of sp³-hybridized carbons (Fsp3) is 0.208. The molecule has 0 aliphatic rings. The number of hydrogen-bond donors (Lipinski definition) is 3. The molecule has 2 aromatic carbocycles. The van der Waals surface area contributed by atoms with Crippen LogP contribution < -0.4 is 16.4 Å². The van der Waals surface area contributed by atoms with E-state index in [1.54, 1.807) is 51.5 Å². The van der Waals surface area contributed by atoms with Gasteiger partial charge in [-0.15, -0.1) is 0 Å². The molecule has 32 heavy (non-hydrogen) atoms. The molecule has 0 aliphatic heterocycles. The van der Waals surface area contributed by atoms with Crippen molar-refractivity contribution in [2.45, 2.75) is 6.04 Å². The van der Waals surface area contributed by atoms with Crippen LogP contribution in [0.1, 0.15) is 32.3 Å². The first-order valence-electron chi connectivity index (χ1n) is 10.1. The first-order chi connectivity index (χ1) is 15.4. The number of benzene rings is 2. The van der Waals surface area contributed by atoms with E-state index in [0.29, 0.717) is 23.7 Å². The van der Waals surface area contributed by atoms with Crippen LogP contribution in [0.25, 0.3) is 0 Å². The number of carbonyl (C=O) groups is 2. The van der Waals surface area contributed by atoms with Crippen LogP contribution in [-0.4, -0.2) is 49.5 Å². The minimum Gasteiger partial charge on any atom is -0.382 e. The lowest BCUT2D eigenvalue weighted by atomic mass is 10.1. The van der Waals surface area contributed by atoms with E-state index in [2.05, 4.69) is 15.6 Å². The lowest BCUT2D eigenvalue weighted by Crippen LogP contribution is -2.21. The summed E-state index contributed by atoms with van der Waals surface area (Å²) in [5, 5.41) is 6.54. The average Bonchev–Trinajstić information content (AvgIpc) is 2.79. The Labute approximate surface area is 187 Å². The average molecular weight is 434 g/mol. The number of aromatic nitrogens is 1. The highest BCUT2D eigenvalue weighted by Gasteiger charge is 2.17. The van der Waals surface area contributed by atoms with Gasteiger partial charge in [0.15, 0.2) is 0 Å². The molecule has 4 N–H and O–H groups in total. The van der Waals surface area contributed by atoms with Crippen LogP contribution in [0.5, 0.6) is 0 Å². The molecule has 1 aromatic heterocycles. The number of pyridine rings is 1. The zero-order valence-corrected chi connectivity index (χ0v) is 18.3. The number of nitrogens with one attached hydrogen (secondary N) is 2. The zero-order chi connectivity index (χ0) is 23.1. The number of amides is 2. The number of carbonyl (C=O) groups excluding carboxylic acids is 2. The smallest absolute Gasteiger partial charge is 0.253 e. The van der Waals surface area contributed by atoms with Gasteiger partial charge in [-0.2, -0.15) is 0 Å². The second-order valence-corrected chi connectivity index (χ2v) is 7.44. The van der Waals surface area contributed by atoms with Gasteiger partial charge in [0.2, 0.25) is 0 Å². The first kappa shape index (κ1) is 22.8. The molecule has 0 unspecified atom stereocenters. The van der Waals surface area contributed by atoms with Gasteiger partial charge in [0.1, 0.15) is 5.82 Å². The van der Waals surface area contributed by atoms with E-state index in [1.807, 2.05) is 30.3 Å². The summed E-state index contributed by atoms with van der Waals surface area (Å²) in [6.07, 6.45) is 1.44. The molecule has 2 amide bonds. The van der Waals surface area contributed by atoms with Crippen LogP contribution in [0.2, 0.25) is 0 Å². The lowest BCUT2D eigenvalue weighted by Gasteiger charge is -2.21. The Balaban J connectivity index is 1.85. The second kappa shape index (κ2) is 10.4. The van der Waals surface area contributed by atoms with Crippen molar-refractivity contribution in [2.24, 2.45) is 5.73 Å². The van der Waals surface area contributed by atoms with Crippen LogP contribution in [-0.2, 0) is 4.74 Å². The maximum atomic E-state index is 12.1. The third kappa shape index (κ3) is 5.61. The number of methoxy groups -OCH3 is 1. The molecule has 0 bridgehead atoms. The molecule has 3 aromatic rings. The van der Waals surface area contributed by atoms with Gasteiger partial charge in [0.05, 0.1) is 23.9 Å². The number of hydrogen-bond acceptors (Lipinski definition) is 6. The summed E-state index contributed by atoms with van der Waals surface area (Å²) in [6, 6.07) is 18.4. The third-order valence-corrected chi connectivity index (χ3v) is 4.84. The predicted octanol–water partition coefficient (Wildman–Crippen LogP) is 3.43. The van der Waals surface area contributed by atoms with E-state index in [1.165, 1.54) is 11.1 Å². The zero-order valence-electron chi connectivity index (χ0n) is 18.3. The van der Waals surface area contributed by atoms with Crippen molar-refractivity contribution in [3.05, 3.63) is 83.6 Å².